The van der Waals surface area contributed by atoms with E-state index in [1.54, 1.807) is 14.2 Å². The van der Waals surface area contributed by atoms with Crippen molar-refractivity contribution in [1.29, 1.82) is 0 Å². The zero-order valence-corrected chi connectivity index (χ0v) is 12.4. The minimum Gasteiger partial charge on any atom is -0.497 e. The van der Waals surface area contributed by atoms with E-state index in [4.69, 9.17) is 9.47 Å². The molecule has 98 valence electrons. The zero-order chi connectivity index (χ0) is 13.5. The average molecular weight is 312 g/mol. The van der Waals surface area contributed by atoms with Gasteiger partial charge in [-0.05, 0) is 22.0 Å². The van der Waals surface area contributed by atoms with E-state index in [9.17, 15) is 0 Å². The van der Waals surface area contributed by atoms with Gasteiger partial charge in [0.1, 0.15) is 5.75 Å². The number of hydrogen-bond donors (Lipinski definition) is 0. The van der Waals surface area contributed by atoms with Crippen molar-refractivity contribution in [3.8, 4) is 11.5 Å². The predicted octanol–water partition coefficient (Wildman–Crippen LogP) is 3.64. The lowest BCUT2D eigenvalue weighted by molar-refractivity contribution is 0.401. The molecule has 0 saturated carbocycles. The number of ether oxygens (including phenoxy) is 2. The molecule has 1 aromatic rings. The van der Waals surface area contributed by atoms with Crippen molar-refractivity contribution in [3.05, 3.63) is 41.9 Å². The first-order valence-corrected chi connectivity index (χ1v) is 6.35. The van der Waals surface area contributed by atoms with E-state index in [1.807, 2.05) is 24.3 Å². The summed E-state index contributed by atoms with van der Waals surface area (Å²) in [5.74, 6) is 1.55. The Morgan fingerprint density at radius 2 is 1.78 bits per heavy atom. The SMILES string of the molecule is C=CCN(CC=C)c1cc(OC)cc(Br)c1OC. The van der Waals surface area contributed by atoms with Gasteiger partial charge in [0, 0.05) is 19.2 Å². The van der Waals surface area contributed by atoms with Crippen molar-refractivity contribution < 1.29 is 9.47 Å². The van der Waals surface area contributed by atoms with Gasteiger partial charge in [-0.3, -0.25) is 0 Å². The molecule has 0 atom stereocenters. The van der Waals surface area contributed by atoms with Gasteiger partial charge >= 0.3 is 0 Å². The highest BCUT2D eigenvalue weighted by Crippen LogP contribution is 2.39. The number of halogens is 1. The number of methoxy groups -OCH3 is 2. The monoisotopic (exact) mass is 311 g/mol. The van der Waals surface area contributed by atoms with Crippen LogP contribution in [-0.2, 0) is 0 Å². The fraction of sp³-hybridized carbons (Fsp3) is 0.286. The molecule has 0 aromatic heterocycles. The fourth-order valence-electron chi connectivity index (χ4n) is 1.69. The summed E-state index contributed by atoms with van der Waals surface area (Å²) in [5, 5.41) is 0. The summed E-state index contributed by atoms with van der Waals surface area (Å²) in [6, 6.07) is 3.82. The van der Waals surface area contributed by atoms with Crippen LogP contribution in [0.2, 0.25) is 0 Å². The van der Waals surface area contributed by atoms with Gasteiger partial charge in [-0.25, -0.2) is 0 Å². The van der Waals surface area contributed by atoms with E-state index in [0.29, 0.717) is 13.1 Å². The molecule has 0 amide bonds. The summed E-state index contributed by atoms with van der Waals surface area (Å²) < 4.78 is 11.6. The normalized spacial score (nSPS) is 9.72. The summed E-state index contributed by atoms with van der Waals surface area (Å²) in [6.45, 7) is 8.96. The maximum Gasteiger partial charge on any atom is 0.156 e. The van der Waals surface area contributed by atoms with Gasteiger partial charge in [0.05, 0.1) is 24.4 Å². The number of hydrogen-bond acceptors (Lipinski definition) is 3. The van der Waals surface area contributed by atoms with Crippen molar-refractivity contribution in [3.63, 3.8) is 0 Å². The quantitative estimate of drug-likeness (QED) is 0.718. The van der Waals surface area contributed by atoms with E-state index in [1.165, 1.54) is 0 Å². The van der Waals surface area contributed by atoms with Crippen LogP contribution in [0.25, 0.3) is 0 Å². The van der Waals surface area contributed by atoms with Gasteiger partial charge in [0.2, 0.25) is 0 Å². The Morgan fingerprint density at radius 3 is 2.22 bits per heavy atom. The topological polar surface area (TPSA) is 21.7 Å². The number of nitrogens with zero attached hydrogens (tertiary/aromatic N) is 1. The summed E-state index contributed by atoms with van der Waals surface area (Å²) in [5.41, 5.74) is 0.948. The molecule has 3 nitrogen and oxygen atoms in total. The lowest BCUT2D eigenvalue weighted by Crippen LogP contribution is -2.23. The van der Waals surface area contributed by atoms with Crippen LogP contribution in [0.5, 0.6) is 11.5 Å². The minimum atomic E-state index is 0.710. The molecule has 0 aliphatic heterocycles. The Morgan fingerprint density at radius 1 is 1.17 bits per heavy atom. The van der Waals surface area contributed by atoms with Crippen LogP contribution in [0.1, 0.15) is 0 Å². The van der Waals surface area contributed by atoms with Crippen molar-refractivity contribution in [2.75, 3.05) is 32.2 Å². The van der Waals surface area contributed by atoms with Gasteiger partial charge in [0.15, 0.2) is 5.75 Å². The van der Waals surface area contributed by atoms with Crippen molar-refractivity contribution >= 4 is 21.6 Å². The Labute approximate surface area is 117 Å². The minimum absolute atomic E-state index is 0.710. The Bertz CT molecular complexity index is 422. The Hall–Kier alpha value is -1.42. The van der Waals surface area contributed by atoms with Gasteiger partial charge in [-0.1, -0.05) is 12.2 Å². The second kappa shape index (κ2) is 7.11. The third kappa shape index (κ3) is 3.29. The summed E-state index contributed by atoms with van der Waals surface area (Å²) in [7, 11) is 3.29. The molecule has 0 fully saturated rings. The van der Waals surface area contributed by atoms with Crippen LogP contribution in [0.3, 0.4) is 0 Å². The molecular formula is C14H18BrNO2. The molecule has 0 spiro atoms. The molecule has 1 rings (SSSR count). The molecule has 0 radical (unpaired) electrons. The van der Waals surface area contributed by atoms with E-state index in [2.05, 4.69) is 34.0 Å². The molecular weight excluding hydrogens is 294 g/mol. The Kier molecular flexibility index (Phi) is 5.78. The smallest absolute Gasteiger partial charge is 0.156 e. The van der Waals surface area contributed by atoms with E-state index in [-0.39, 0.29) is 0 Å². The molecule has 4 heteroatoms. The molecule has 0 saturated heterocycles. The molecule has 0 heterocycles. The highest BCUT2D eigenvalue weighted by Gasteiger charge is 2.15. The number of rotatable bonds is 7. The maximum atomic E-state index is 5.44. The summed E-state index contributed by atoms with van der Waals surface area (Å²) >= 11 is 3.49. The molecule has 18 heavy (non-hydrogen) atoms. The summed E-state index contributed by atoms with van der Waals surface area (Å²) in [4.78, 5) is 2.10. The van der Waals surface area contributed by atoms with Crippen LogP contribution < -0.4 is 14.4 Å². The van der Waals surface area contributed by atoms with Crippen LogP contribution >= 0.6 is 15.9 Å². The van der Waals surface area contributed by atoms with Crippen molar-refractivity contribution in [2.24, 2.45) is 0 Å². The third-order valence-corrected chi connectivity index (χ3v) is 3.07. The molecule has 0 N–H and O–H groups in total. The van der Waals surface area contributed by atoms with Crippen molar-refractivity contribution in [1.82, 2.24) is 0 Å². The lowest BCUT2D eigenvalue weighted by atomic mass is 10.2. The van der Waals surface area contributed by atoms with Gasteiger partial charge in [-0.15, -0.1) is 13.2 Å². The molecule has 0 unspecified atom stereocenters. The maximum absolute atomic E-state index is 5.44. The average Bonchev–Trinajstić information content (AvgIpc) is 2.37. The molecule has 0 bridgehead atoms. The van der Waals surface area contributed by atoms with E-state index < -0.39 is 0 Å². The Balaban J connectivity index is 3.27. The summed E-state index contributed by atoms with van der Waals surface area (Å²) in [6.07, 6.45) is 3.69. The lowest BCUT2D eigenvalue weighted by Gasteiger charge is -2.25. The van der Waals surface area contributed by atoms with Crippen LogP contribution in [0.15, 0.2) is 41.9 Å². The first kappa shape index (κ1) is 14.6. The second-order valence-electron chi connectivity index (χ2n) is 3.64. The van der Waals surface area contributed by atoms with Crippen molar-refractivity contribution in [2.45, 2.75) is 0 Å². The fourth-order valence-corrected chi connectivity index (χ4v) is 2.28. The van der Waals surface area contributed by atoms with Crippen LogP contribution in [0.4, 0.5) is 5.69 Å². The highest BCUT2D eigenvalue weighted by atomic mass is 79.9. The molecule has 1 aromatic carbocycles. The number of anilines is 1. The number of benzene rings is 1. The van der Waals surface area contributed by atoms with Gasteiger partial charge in [-0.2, -0.15) is 0 Å². The first-order chi connectivity index (χ1) is 8.67. The van der Waals surface area contributed by atoms with Crippen LogP contribution in [0, 0.1) is 0 Å². The third-order valence-electron chi connectivity index (χ3n) is 2.48. The zero-order valence-electron chi connectivity index (χ0n) is 10.8. The van der Waals surface area contributed by atoms with Crippen LogP contribution in [-0.4, -0.2) is 27.3 Å². The second-order valence-corrected chi connectivity index (χ2v) is 4.50. The van der Waals surface area contributed by atoms with Gasteiger partial charge < -0.3 is 14.4 Å². The van der Waals surface area contributed by atoms with E-state index >= 15 is 0 Å². The van der Waals surface area contributed by atoms with E-state index in [0.717, 1.165) is 21.7 Å². The largest absolute Gasteiger partial charge is 0.497 e. The first-order valence-electron chi connectivity index (χ1n) is 5.56. The highest BCUT2D eigenvalue weighted by molar-refractivity contribution is 9.10. The molecule has 0 aliphatic rings. The predicted molar refractivity (Wildman–Crippen MR) is 79.9 cm³/mol. The molecule has 0 aliphatic carbocycles. The standard InChI is InChI=1S/C14H18BrNO2/c1-5-7-16(8-6-2)13-10-11(17-3)9-12(15)14(13)18-4/h5-6,9-10H,1-2,7-8H2,3-4H3. The van der Waals surface area contributed by atoms with Gasteiger partial charge in [0.25, 0.3) is 0 Å².